The first kappa shape index (κ1) is 8.51. The van der Waals surface area contributed by atoms with Crippen LogP contribution in [0.5, 0.6) is 0 Å². The Bertz CT molecular complexity index is 170. The van der Waals surface area contributed by atoms with Gasteiger partial charge in [0.25, 0.3) is 0 Å². The summed E-state index contributed by atoms with van der Waals surface area (Å²) in [5, 5.41) is 0. The van der Waals surface area contributed by atoms with E-state index in [4.69, 9.17) is 0 Å². The zero-order chi connectivity index (χ0) is 8.27. The smallest absolute Gasteiger partial charge is 0.133 e. The highest BCUT2D eigenvalue weighted by atomic mass is 16.1. The average Bonchev–Trinajstić information content (AvgIpc) is 2.05. The minimum absolute atomic E-state index is 0.228. The fourth-order valence-corrected chi connectivity index (χ4v) is 1.56. The van der Waals surface area contributed by atoms with Crippen LogP contribution in [0.2, 0.25) is 0 Å². The van der Waals surface area contributed by atoms with Crippen LogP contribution in [0.4, 0.5) is 0 Å². The Morgan fingerprint density at radius 3 is 2.82 bits per heavy atom. The van der Waals surface area contributed by atoms with Gasteiger partial charge in [0.15, 0.2) is 0 Å². The van der Waals surface area contributed by atoms with Crippen molar-refractivity contribution in [2.45, 2.75) is 33.1 Å². The summed E-state index contributed by atoms with van der Waals surface area (Å²) < 4.78 is 0. The number of carbonyl (C=O) groups excluding carboxylic acids is 1. The fraction of sp³-hybridized carbons (Fsp3) is 0.700. The van der Waals surface area contributed by atoms with Gasteiger partial charge in [-0.25, -0.2) is 0 Å². The standard InChI is InChI=1S/C10H16O/c1-8(9(2)11)10-6-4-3-5-7-10/h4,6,8,10H,3,5,7H2,1-2H3. The Morgan fingerprint density at radius 2 is 2.36 bits per heavy atom. The first-order chi connectivity index (χ1) is 5.22. The molecule has 0 radical (unpaired) electrons. The van der Waals surface area contributed by atoms with Gasteiger partial charge >= 0.3 is 0 Å². The van der Waals surface area contributed by atoms with E-state index in [0.29, 0.717) is 11.7 Å². The summed E-state index contributed by atoms with van der Waals surface area (Å²) in [6, 6.07) is 0. The lowest BCUT2D eigenvalue weighted by molar-refractivity contribution is -0.121. The molecule has 11 heavy (non-hydrogen) atoms. The molecule has 0 saturated carbocycles. The molecule has 0 fully saturated rings. The molecule has 1 aliphatic carbocycles. The predicted octanol–water partition coefficient (Wildman–Crippen LogP) is 2.57. The Kier molecular flexibility index (Phi) is 2.86. The van der Waals surface area contributed by atoms with Crippen LogP contribution >= 0.6 is 0 Å². The molecular formula is C10H16O. The van der Waals surface area contributed by atoms with Crippen LogP contribution < -0.4 is 0 Å². The van der Waals surface area contributed by atoms with Crippen LogP contribution in [0.3, 0.4) is 0 Å². The van der Waals surface area contributed by atoms with E-state index in [2.05, 4.69) is 12.2 Å². The Hall–Kier alpha value is -0.590. The van der Waals surface area contributed by atoms with Crippen molar-refractivity contribution < 1.29 is 4.79 Å². The number of Topliss-reactive ketones (excluding diaryl/α,β-unsaturated/α-hetero) is 1. The minimum Gasteiger partial charge on any atom is -0.300 e. The molecule has 2 atom stereocenters. The number of hydrogen-bond donors (Lipinski definition) is 0. The van der Waals surface area contributed by atoms with Crippen molar-refractivity contribution >= 4 is 5.78 Å². The number of carbonyl (C=O) groups is 1. The van der Waals surface area contributed by atoms with Crippen LogP contribution in [-0.4, -0.2) is 5.78 Å². The molecule has 0 aliphatic heterocycles. The Balaban J connectivity index is 2.52. The van der Waals surface area contributed by atoms with Crippen molar-refractivity contribution in [2.24, 2.45) is 11.8 Å². The van der Waals surface area contributed by atoms with Crippen LogP contribution in [0.1, 0.15) is 33.1 Å². The quantitative estimate of drug-likeness (QED) is 0.556. The summed E-state index contributed by atoms with van der Waals surface area (Å²) in [5.74, 6) is 1.06. The number of rotatable bonds is 2. The second-order valence-corrected chi connectivity index (χ2v) is 3.42. The highest BCUT2D eigenvalue weighted by Crippen LogP contribution is 2.24. The highest BCUT2D eigenvalue weighted by molar-refractivity contribution is 5.78. The molecule has 1 nitrogen and oxygen atoms in total. The molecule has 62 valence electrons. The van der Waals surface area contributed by atoms with Crippen LogP contribution in [0.25, 0.3) is 0 Å². The highest BCUT2D eigenvalue weighted by Gasteiger charge is 2.19. The summed E-state index contributed by atoms with van der Waals surface area (Å²) in [4.78, 5) is 11.0. The van der Waals surface area contributed by atoms with E-state index >= 15 is 0 Å². The predicted molar refractivity (Wildman–Crippen MR) is 46.3 cm³/mol. The van der Waals surface area contributed by atoms with Crippen molar-refractivity contribution in [3.8, 4) is 0 Å². The van der Waals surface area contributed by atoms with E-state index in [0.717, 1.165) is 0 Å². The van der Waals surface area contributed by atoms with Gasteiger partial charge in [0, 0.05) is 5.92 Å². The maximum absolute atomic E-state index is 11.0. The molecule has 0 spiro atoms. The summed E-state index contributed by atoms with van der Waals surface area (Å²) in [6.45, 7) is 3.72. The van der Waals surface area contributed by atoms with Crippen LogP contribution in [0, 0.1) is 11.8 Å². The maximum Gasteiger partial charge on any atom is 0.133 e. The molecule has 0 heterocycles. The lowest BCUT2D eigenvalue weighted by atomic mass is 9.84. The largest absolute Gasteiger partial charge is 0.300 e. The van der Waals surface area contributed by atoms with Crippen molar-refractivity contribution in [3.63, 3.8) is 0 Å². The van der Waals surface area contributed by atoms with Gasteiger partial charge in [0.2, 0.25) is 0 Å². The third-order valence-corrected chi connectivity index (χ3v) is 2.57. The monoisotopic (exact) mass is 152 g/mol. The normalized spacial score (nSPS) is 26.5. The summed E-state index contributed by atoms with van der Waals surface area (Å²) in [6.07, 6.45) is 8.04. The molecule has 0 saturated heterocycles. The minimum atomic E-state index is 0.228. The van der Waals surface area contributed by atoms with Gasteiger partial charge in [-0.2, -0.15) is 0 Å². The Labute approximate surface area is 68.5 Å². The molecule has 1 heteroatoms. The molecule has 0 aromatic heterocycles. The van der Waals surface area contributed by atoms with E-state index in [9.17, 15) is 4.79 Å². The fourth-order valence-electron chi connectivity index (χ4n) is 1.56. The molecule has 0 aromatic carbocycles. The molecule has 0 N–H and O–H groups in total. The van der Waals surface area contributed by atoms with E-state index in [1.165, 1.54) is 19.3 Å². The van der Waals surface area contributed by atoms with Crippen LogP contribution in [0.15, 0.2) is 12.2 Å². The number of ketones is 1. The topological polar surface area (TPSA) is 17.1 Å². The van der Waals surface area contributed by atoms with E-state index in [1.54, 1.807) is 6.92 Å². The van der Waals surface area contributed by atoms with E-state index in [1.807, 2.05) is 6.92 Å². The van der Waals surface area contributed by atoms with Crippen molar-refractivity contribution in [3.05, 3.63) is 12.2 Å². The number of allylic oxidation sites excluding steroid dienone is 2. The average molecular weight is 152 g/mol. The second kappa shape index (κ2) is 3.70. The molecule has 2 unspecified atom stereocenters. The Morgan fingerprint density at radius 1 is 1.64 bits per heavy atom. The van der Waals surface area contributed by atoms with Crippen molar-refractivity contribution in [2.75, 3.05) is 0 Å². The SMILES string of the molecule is CC(=O)C(C)C1C=CCCC1. The van der Waals surface area contributed by atoms with Gasteiger partial charge in [0.1, 0.15) is 5.78 Å². The van der Waals surface area contributed by atoms with Gasteiger partial charge in [-0.1, -0.05) is 19.1 Å². The maximum atomic E-state index is 11.0. The molecular weight excluding hydrogens is 136 g/mol. The van der Waals surface area contributed by atoms with Gasteiger partial charge in [-0.05, 0) is 32.1 Å². The molecule has 1 rings (SSSR count). The third-order valence-electron chi connectivity index (χ3n) is 2.57. The summed E-state index contributed by atoms with van der Waals surface area (Å²) in [5.41, 5.74) is 0. The lowest BCUT2D eigenvalue weighted by Gasteiger charge is -2.20. The van der Waals surface area contributed by atoms with Gasteiger partial charge < -0.3 is 0 Å². The van der Waals surface area contributed by atoms with Gasteiger partial charge in [0.05, 0.1) is 0 Å². The second-order valence-electron chi connectivity index (χ2n) is 3.42. The summed E-state index contributed by atoms with van der Waals surface area (Å²) >= 11 is 0. The van der Waals surface area contributed by atoms with E-state index < -0.39 is 0 Å². The first-order valence-electron chi connectivity index (χ1n) is 4.39. The molecule has 0 bridgehead atoms. The zero-order valence-electron chi connectivity index (χ0n) is 7.34. The first-order valence-corrected chi connectivity index (χ1v) is 4.39. The molecule has 1 aliphatic rings. The zero-order valence-corrected chi connectivity index (χ0v) is 7.34. The van der Waals surface area contributed by atoms with E-state index in [-0.39, 0.29) is 5.92 Å². The summed E-state index contributed by atoms with van der Waals surface area (Å²) in [7, 11) is 0. The van der Waals surface area contributed by atoms with Crippen molar-refractivity contribution in [1.29, 1.82) is 0 Å². The molecule has 0 amide bonds. The van der Waals surface area contributed by atoms with Gasteiger partial charge in [-0.15, -0.1) is 0 Å². The molecule has 0 aromatic rings. The van der Waals surface area contributed by atoms with Crippen molar-refractivity contribution in [1.82, 2.24) is 0 Å². The third kappa shape index (κ3) is 2.18. The lowest BCUT2D eigenvalue weighted by Crippen LogP contribution is -2.18. The van der Waals surface area contributed by atoms with Gasteiger partial charge in [-0.3, -0.25) is 4.79 Å². The number of hydrogen-bond acceptors (Lipinski definition) is 1. The van der Waals surface area contributed by atoms with Crippen LogP contribution in [-0.2, 0) is 4.79 Å².